The number of carbonyl (C=O) groups is 1. The van der Waals surface area contributed by atoms with Gasteiger partial charge in [-0.3, -0.25) is 4.79 Å². The van der Waals surface area contributed by atoms with Gasteiger partial charge in [-0.1, -0.05) is 0 Å². The average Bonchev–Trinajstić information content (AvgIpc) is 2.97. The van der Waals surface area contributed by atoms with E-state index in [1.54, 1.807) is 0 Å². The maximum absolute atomic E-state index is 13.5. The zero-order valence-corrected chi connectivity index (χ0v) is 8.11. The van der Waals surface area contributed by atoms with E-state index in [2.05, 4.69) is 0 Å². The molecule has 84 valence electrons. The molecule has 0 bridgehead atoms. The first kappa shape index (κ1) is 9.57. The number of halogens is 2. The third-order valence-corrected chi connectivity index (χ3v) is 3.30. The van der Waals surface area contributed by atoms with Gasteiger partial charge in [-0.25, -0.2) is 8.78 Å². The van der Waals surface area contributed by atoms with Gasteiger partial charge in [0.15, 0.2) is 11.6 Å². The molecule has 1 saturated carbocycles. The second kappa shape index (κ2) is 2.93. The fraction of sp³-hybridized carbons (Fsp3) is 0.364. The zero-order valence-electron chi connectivity index (χ0n) is 8.11. The zero-order chi connectivity index (χ0) is 11.4. The SMILES string of the molecule is O=C(O)[C@@H]1C2COc3c(F)ccc(F)c3[C@@H]21. The Morgan fingerprint density at radius 3 is 2.75 bits per heavy atom. The Kier molecular flexibility index (Phi) is 1.75. The summed E-state index contributed by atoms with van der Waals surface area (Å²) in [5, 5.41) is 8.90. The molecule has 3 rings (SSSR count). The molecule has 3 nitrogen and oxygen atoms in total. The van der Waals surface area contributed by atoms with Crippen molar-refractivity contribution in [1.82, 2.24) is 0 Å². The maximum Gasteiger partial charge on any atom is 0.307 e. The normalized spacial score (nSPS) is 30.0. The molecule has 2 aliphatic rings. The number of rotatable bonds is 1. The number of hydrogen-bond acceptors (Lipinski definition) is 2. The van der Waals surface area contributed by atoms with Crippen LogP contribution in [0.5, 0.6) is 5.75 Å². The van der Waals surface area contributed by atoms with Crippen molar-refractivity contribution in [2.45, 2.75) is 5.92 Å². The van der Waals surface area contributed by atoms with E-state index in [0.29, 0.717) is 0 Å². The first-order valence-corrected chi connectivity index (χ1v) is 4.94. The highest BCUT2D eigenvalue weighted by molar-refractivity contribution is 5.77. The second-order valence-corrected chi connectivity index (χ2v) is 4.14. The molecule has 1 aliphatic carbocycles. The van der Waals surface area contributed by atoms with Crippen LogP contribution in [-0.2, 0) is 4.79 Å². The predicted octanol–water partition coefficient (Wildman–Crippen LogP) is 1.77. The molecule has 1 aromatic carbocycles. The molecule has 0 spiro atoms. The number of benzene rings is 1. The molecule has 16 heavy (non-hydrogen) atoms. The highest BCUT2D eigenvalue weighted by atomic mass is 19.1. The van der Waals surface area contributed by atoms with E-state index in [-0.39, 0.29) is 23.8 Å². The minimum Gasteiger partial charge on any atom is -0.490 e. The van der Waals surface area contributed by atoms with Crippen molar-refractivity contribution in [2.75, 3.05) is 6.61 Å². The molecule has 3 atom stereocenters. The summed E-state index contributed by atoms with van der Waals surface area (Å²) >= 11 is 0. The van der Waals surface area contributed by atoms with Crippen LogP contribution in [0.25, 0.3) is 0 Å². The minimum atomic E-state index is -0.977. The standard InChI is InChI=1S/C11H8F2O3/c12-5-1-2-6(13)10-9(5)7-4(3-16-10)8(7)11(14)15/h1-2,4,7-8H,3H2,(H,14,15)/t4?,7-,8+/m0/s1. The van der Waals surface area contributed by atoms with Crippen LogP contribution in [0.3, 0.4) is 0 Å². The highest BCUT2D eigenvalue weighted by Crippen LogP contribution is 2.60. The van der Waals surface area contributed by atoms with Gasteiger partial charge in [-0.15, -0.1) is 0 Å². The van der Waals surface area contributed by atoms with Crippen molar-refractivity contribution >= 4 is 5.97 Å². The lowest BCUT2D eigenvalue weighted by molar-refractivity contribution is -0.139. The van der Waals surface area contributed by atoms with Crippen LogP contribution in [0.4, 0.5) is 8.78 Å². The molecule has 0 amide bonds. The van der Waals surface area contributed by atoms with E-state index in [4.69, 9.17) is 9.84 Å². The Hall–Kier alpha value is -1.65. The molecule has 0 radical (unpaired) electrons. The van der Waals surface area contributed by atoms with E-state index >= 15 is 0 Å². The van der Waals surface area contributed by atoms with Crippen molar-refractivity contribution < 1.29 is 23.4 Å². The molecule has 0 aromatic heterocycles. The predicted molar refractivity (Wildman–Crippen MR) is 49.2 cm³/mol. The summed E-state index contributed by atoms with van der Waals surface area (Å²) in [7, 11) is 0. The quantitative estimate of drug-likeness (QED) is 0.793. The highest BCUT2D eigenvalue weighted by Gasteiger charge is 2.60. The lowest BCUT2D eigenvalue weighted by Gasteiger charge is -2.17. The number of aliphatic carboxylic acids is 1. The smallest absolute Gasteiger partial charge is 0.307 e. The summed E-state index contributed by atoms with van der Waals surface area (Å²) in [4.78, 5) is 10.9. The van der Waals surface area contributed by atoms with Crippen molar-refractivity contribution in [2.24, 2.45) is 11.8 Å². The Balaban J connectivity index is 2.10. The molecule has 1 aliphatic heterocycles. The van der Waals surface area contributed by atoms with Crippen LogP contribution in [-0.4, -0.2) is 17.7 Å². The van der Waals surface area contributed by atoms with E-state index in [1.807, 2.05) is 0 Å². The van der Waals surface area contributed by atoms with Crippen molar-refractivity contribution in [3.63, 3.8) is 0 Å². The van der Waals surface area contributed by atoms with Crippen molar-refractivity contribution in [3.8, 4) is 5.75 Å². The van der Waals surface area contributed by atoms with E-state index in [0.717, 1.165) is 12.1 Å². The molecule has 1 heterocycles. The molecule has 1 aromatic rings. The molecule has 1 N–H and O–H groups in total. The van der Waals surface area contributed by atoms with Gasteiger partial charge in [0.05, 0.1) is 12.5 Å². The molecule has 0 saturated heterocycles. The Morgan fingerprint density at radius 1 is 1.38 bits per heavy atom. The van der Waals surface area contributed by atoms with Gasteiger partial charge < -0.3 is 9.84 Å². The number of fused-ring (bicyclic) bond motifs is 3. The van der Waals surface area contributed by atoms with Gasteiger partial charge in [0, 0.05) is 17.4 Å². The summed E-state index contributed by atoms with van der Waals surface area (Å²) in [5.74, 6) is -3.61. The maximum atomic E-state index is 13.5. The van der Waals surface area contributed by atoms with Crippen LogP contribution in [0.15, 0.2) is 12.1 Å². The fourth-order valence-electron chi connectivity index (χ4n) is 2.50. The van der Waals surface area contributed by atoms with Crippen LogP contribution >= 0.6 is 0 Å². The van der Waals surface area contributed by atoms with Crippen molar-refractivity contribution in [3.05, 3.63) is 29.3 Å². The van der Waals surface area contributed by atoms with Crippen LogP contribution < -0.4 is 4.74 Å². The summed E-state index contributed by atoms with van der Waals surface area (Å²) in [5.41, 5.74) is 0.0867. The molecular weight excluding hydrogens is 218 g/mol. The third-order valence-electron chi connectivity index (χ3n) is 3.30. The molecule has 1 fully saturated rings. The third kappa shape index (κ3) is 1.08. The topological polar surface area (TPSA) is 46.5 Å². The van der Waals surface area contributed by atoms with Gasteiger partial charge in [-0.2, -0.15) is 0 Å². The number of carboxylic acid groups (broad SMARTS) is 1. The summed E-state index contributed by atoms with van der Waals surface area (Å²) < 4.78 is 31.9. The van der Waals surface area contributed by atoms with Gasteiger partial charge in [-0.05, 0) is 12.1 Å². The van der Waals surface area contributed by atoms with E-state index < -0.39 is 29.4 Å². The largest absolute Gasteiger partial charge is 0.490 e. The van der Waals surface area contributed by atoms with Crippen LogP contribution in [0.2, 0.25) is 0 Å². The lowest BCUT2D eigenvalue weighted by Crippen LogP contribution is -2.11. The van der Waals surface area contributed by atoms with Crippen LogP contribution in [0.1, 0.15) is 11.5 Å². The average molecular weight is 226 g/mol. The monoisotopic (exact) mass is 226 g/mol. The first-order chi connectivity index (χ1) is 7.61. The molecule has 1 unspecified atom stereocenters. The van der Waals surface area contributed by atoms with E-state index in [9.17, 15) is 13.6 Å². The van der Waals surface area contributed by atoms with Crippen molar-refractivity contribution in [1.29, 1.82) is 0 Å². The number of hydrogen-bond donors (Lipinski definition) is 1. The summed E-state index contributed by atoms with van der Waals surface area (Å²) in [6.45, 7) is 0.148. The van der Waals surface area contributed by atoms with Gasteiger partial charge in [0.2, 0.25) is 0 Å². The van der Waals surface area contributed by atoms with Gasteiger partial charge >= 0.3 is 5.97 Å². The van der Waals surface area contributed by atoms with Crippen LogP contribution in [0, 0.1) is 23.5 Å². The molecular formula is C11H8F2O3. The Bertz CT molecular complexity index is 486. The second-order valence-electron chi connectivity index (χ2n) is 4.14. The Labute approximate surface area is 89.6 Å². The molecule has 5 heteroatoms. The van der Waals surface area contributed by atoms with Gasteiger partial charge in [0.1, 0.15) is 5.82 Å². The summed E-state index contributed by atoms with van der Waals surface area (Å²) in [6.07, 6.45) is 0. The van der Waals surface area contributed by atoms with E-state index in [1.165, 1.54) is 0 Å². The number of ether oxygens (including phenoxy) is 1. The number of carboxylic acids is 1. The summed E-state index contributed by atoms with van der Waals surface area (Å²) in [6, 6.07) is 2.00. The van der Waals surface area contributed by atoms with Gasteiger partial charge in [0.25, 0.3) is 0 Å². The Morgan fingerprint density at radius 2 is 2.06 bits per heavy atom. The fourth-order valence-corrected chi connectivity index (χ4v) is 2.50. The lowest BCUT2D eigenvalue weighted by atomic mass is 10.0. The minimum absolute atomic E-state index is 0.0867. The first-order valence-electron chi connectivity index (χ1n) is 4.94.